The summed E-state index contributed by atoms with van der Waals surface area (Å²) in [5, 5.41) is 9.02. The van der Waals surface area contributed by atoms with Gasteiger partial charge in [0, 0.05) is 32.8 Å². The van der Waals surface area contributed by atoms with E-state index in [1.165, 1.54) is 25.9 Å². The van der Waals surface area contributed by atoms with Crippen molar-refractivity contribution in [1.82, 2.24) is 4.90 Å². The standard InChI is InChI=1S/C11H22N2O/c12-4-5-13-7-9-1-2-10(8-13)11(9)3-6-14/h9-11,14H,1-8,12H2. The molecule has 0 radical (unpaired) electrons. The number of rotatable bonds is 4. The number of likely N-dealkylation sites (tertiary alicyclic amines) is 1. The zero-order valence-electron chi connectivity index (χ0n) is 8.86. The summed E-state index contributed by atoms with van der Waals surface area (Å²) in [5.41, 5.74) is 5.58. The quantitative estimate of drug-likeness (QED) is 0.682. The molecular weight excluding hydrogens is 176 g/mol. The minimum absolute atomic E-state index is 0.370. The van der Waals surface area contributed by atoms with Gasteiger partial charge in [-0.05, 0) is 37.0 Å². The lowest BCUT2D eigenvalue weighted by Gasteiger charge is -2.37. The molecule has 1 saturated carbocycles. The van der Waals surface area contributed by atoms with Crippen LogP contribution in [0.5, 0.6) is 0 Å². The van der Waals surface area contributed by atoms with E-state index in [0.29, 0.717) is 6.61 Å². The van der Waals surface area contributed by atoms with E-state index in [9.17, 15) is 0 Å². The summed E-state index contributed by atoms with van der Waals surface area (Å²) in [5.74, 6) is 2.48. The van der Waals surface area contributed by atoms with Gasteiger partial charge in [-0.3, -0.25) is 0 Å². The first-order valence-corrected chi connectivity index (χ1v) is 5.88. The molecular formula is C11H22N2O. The van der Waals surface area contributed by atoms with Crippen molar-refractivity contribution in [2.45, 2.75) is 19.3 Å². The first-order chi connectivity index (χ1) is 6.85. The average Bonchev–Trinajstić information content (AvgIpc) is 2.44. The summed E-state index contributed by atoms with van der Waals surface area (Å²) >= 11 is 0. The average molecular weight is 198 g/mol. The Kier molecular flexibility index (Phi) is 3.42. The minimum Gasteiger partial charge on any atom is -0.396 e. The number of nitrogens with two attached hydrogens (primary N) is 1. The van der Waals surface area contributed by atoms with Gasteiger partial charge in [0.1, 0.15) is 0 Å². The van der Waals surface area contributed by atoms with Crippen molar-refractivity contribution in [2.24, 2.45) is 23.5 Å². The Morgan fingerprint density at radius 3 is 2.36 bits per heavy atom. The van der Waals surface area contributed by atoms with Gasteiger partial charge < -0.3 is 15.7 Å². The van der Waals surface area contributed by atoms with Crippen molar-refractivity contribution in [2.75, 3.05) is 32.8 Å². The molecule has 2 bridgehead atoms. The monoisotopic (exact) mass is 198 g/mol. The van der Waals surface area contributed by atoms with Crippen LogP contribution >= 0.6 is 0 Å². The molecule has 2 unspecified atom stereocenters. The highest BCUT2D eigenvalue weighted by Gasteiger charge is 2.40. The first kappa shape index (κ1) is 10.4. The third-order valence-corrected chi connectivity index (χ3v) is 4.01. The van der Waals surface area contributed by atoms with Crippen molar-refractivity contribution in [3.05, 3.63) is 0 Å². The van der Waals surface area contributed by atoms with E-state index in [-0.39, 0.29) is 0 Å². The van der Waals surface area contributed by atoms with Gasteiger partial charge in [-0.2, -0.15) is 0 Å². The smallest absolute Gasteiger partial charge is 0.0433 e. The zero-order valence-corrected chi connectivity index (χ0v) is 8.86. The second-order valence-corrected chi connectivity index (χ2v) is 4.82. The summed E-state index contributed by atoms with van der Waals surface area (Å²) in [6.07, 6.45) is 3.76. The lowest BCUT2D eigenvalue weighted by molar-refractivity contribution is 0.0922. The van der Waals surface area contributed by atoms with Crippen molar-refractivity contribution in [3.8, 4) is 0 Å². The lowest BCUT2D eigenvalue weighted by Crippen LogP contribution is -2.44. The fourth-order valence-corrected chi connectivity index (χ4v) is 3.42. The van der Waals surface area contributed by atoms with Gasteiger partial charge in [0.15, 0.2) is 0 Å². The third kappa shape index (κ3) is 1.95. The predicted molar refractivity (Wildman–Crippen MR) is 56.9 cm³/mol. The Hall–Kier alpha value is -0.120. The van der Waals surface area contributed by atoms with E-state index in [2.05, 4.69) is 4.90 Å². The molecule has 3 nitrogen and oxygen atoms in total. The molecule has 0 aromatic rings. The van der Waals surface area contributed by atoms with Crippen LogP contribution in [0.15, 0.2) is 0 Å². The Morgan fingerprint density at radius 1 is 1.21 bits per heavy atom. The number of hydrogen-bond donors (Lipinski definition) is 2. The number of aliphatic hydroxyl groups excluding tert-OH is 1. The molecule has 3 heteroatoms. The molecule has 2 atom stereocenters. The van der Waals surface area contributed by atoms with Gasteiger partial charge in [-0.25, -0.2) is 0 Å². The molecule has 82 valence electrons. The van der Waals surface area contributed by atoms with Gasteiger partial charge >= 0.3 is 0 Å². The van der Waals surface area contributed by atoms with Gasteiger partial charge in [0.2, 0.25) is 0 Å². The van der Waals surface area contributed by atoms with E-state index < -0.39 is 0 Å². The maximum atomic E-state index is 9.02. The van der Waals surface area contributed by atoms with Crippen LogP contribution in [-0.2, 0) is 0 Å². The molecule has 1 saturated heterocycles. The molecule has 0 aromatic heterocycles. The van der Waals surface area contributed by atoms with Crippen molar-refractivity contribution < 1.29 is 5.11 Å². The Balaban J connectivity index is 1.91. The molecule has 2 rings (SSSR count). The third-order valence-electron chi connectivity index (χ3n) is 4.01. The summed E-state index contributed by atoms with van der Waals surface area (Å²) < 4.78 is 0. The van der Waals surface area contributed by atoms with Crippen LogP contribution in [0.3, 0.4) is 0 Å². The molecule has 0 spiro atoms. The Bertz CT molecular complexity index is 172. The van der Waals surface area contributed by atoms with Gasteiger partial charge in [0.25, 0.3) is 0 Å². The van der Waals surface area contributed by atoms with Crippen LogP contribution in [0.25, 0.3) is 0 Å². The molecule has 1 aliphatic carbocycles. The summed E-state index contributed by atoms with van der Waals surface area (Å²) in [4.78, 5) is 2.51. The number of nitrogens with zero attached hydrogens (tertiary/aromatic N) is 1. The van der Waals surface area contributed by atoms with Crippen LogP contribution < -0.4 is 5.73 Å². The highest BCUT2D eigenvalue weighted by molar-refractivity contribution is 4.92. The molecule has 1 heterocycles. The normalized spacial score (nSPS) is 37.7. The number of fused-ring (bicyclic) bond motifs is 2. The maximum Gasteiger partial charge on any atom is 0.0433 e. The highest BCUT2D eigenvalue weighted by atomic mass is 16.3. The van der Waals surface area contributed by atoms with Crippen molar-refractivity contribution in [1.29, 1.82) is 0 Å². The second kappa shape index (κ2) is 4.60. The van der Waals surface area contributed by atoms with Crippen LogP contribution in [0.1, 0.15) is 19.3 Å². The Labute approximate surface area is 86.3 Å². The predicted octanol–water partition coefficient (Wildman–Crippen LogP) is 0.285. The molecule has 2 aliphatic rings. The minimum atomic E-state index is 0.370. The Morgan fingerprint density at radius 2 is 1.86 bits per heavy atom. The summed E-state index contributed by atoms with van der Waals surface area (Å²) in [6.45, 7) is 4.65. The molecule has 1 aliphatic heterocycles. The fourth-order valence-electron chi connectivity index (χ4n) is 3.42. The molecule has 14 heavy (non-hydrogen) atoms. The summed E-state index contributed by atoms with van der Waals surface area (Å²) in [6, 6.07) is 0. The van der Waals surface area contributed by atoms with Crippen LogP contribution in [0.4, 0.5) is 0 Å². The largest absolute Gasteiger partial charge is 0.396 e. The number of piperidine rings is 1. The van der Waals surface area contributed by atoms with Crippen molar-refractivity contribution in [3.63, 3.8) is 0 Å². The van der Waals surface area contributed by atoms with E-state index >= 15 is 0 Å². The van der Waals surface area contributed by atoms with Crippen LogP contribution in [-0.4, -0.2) is 42.8 Å². The second-order valence-electron chi connectivity index (χ2n) is 4.82. The maximum absolute atomic E-state index is 9.02. The zero-order chi connectivity index (χ0) is 9.97. The first-order valence-electron chi connectivity index (χ1n) is 5.88. The molecule has 2 fully saturated rings. The summed E-state index contributed by atoms with van der Waals surface area (Å²) in [7, 11) is 0. The lowest BCUT2D eigenvalue weighted by atomic mass is 9.83. The molecule has 0 aromatic carbocycles. The van der Waals surface area contributed by atoms with Crippen LogP contribution in [0, 0.1) is 17.8 Å². The SMILES string of the molecule is NCCN1CC2CCC(C1)C2CCO. The highest BCUT2D eigenvalue weighted by Crippen LogP contribution is 2.43. The van der Waals surface area contributed by atoms with E-state index in [4.69, 9.17) is 10.8 Å². The molecule has 3 N–H and O–H groups in total. The van der Waals surface area contributed by atoms with Gasteiger partial charge in [-0.1, -0.05) is 0 Å². The number of hydrogen-bond acceptors (Lipinski definition) is 3. The van der Waals surface area contributed by atoms with Crippen LogP contribution in [0.2, 0.25) is 0 Å². The van der Waals surface area contributed by atoms with E-state index in [0.717, 1.165) is 37.3 Å². The van der Waals surface area contributed by atoms with E-state index in [1.54, 1.807) is 0 Å². The fraction of sp³-hybridized carbons (Fsp3) is 1.00. The number of aliphatic hydroxyl groups is 1. The molecule has 0 amide bonds. The topological polar surface area (TPSA) is 49.5 Å². The van der Waals surface area contributed by atoms with E-state index in [1.807, 2.05) is 0 Å². The van der Waals surface area contributed by atoms with Crippen molar-refractivity contribution >= 4 is 0 Å². The van der Waals surface area contributed by atoms with Gasteiger partial charge in [-0.15, -0.1) is 0 Å². The van der Waals surface area contributed by atoms with Gasteiger partial charge in [0.05, 0.1) is 0 Å².